The molecule has 0 bridgehead atoms. The number of amides is 1. The second-order valence-corrected chi connectivity index (χ2v) is 5.24. The maximum Gasteiger partial charge on any atom is 0.257 e. The molecule has 1 N–H and O–H groups in total. The minimum absolute atomic E-state index is 0.120. The normalized spacial score (nSPS) is 23.2. The zero-order valence-electron chi connectivity index (χ0n) is 9.95. The maximum atomic E-state index is 12.2. The molecule has 2 fully saturated rings. The van der Waals surface area contributed by atoms with E-state index < -0.39 is 0 Å². The second-order valence-electron chi connectivity index (χ2n) is 5.24. The Bertz CT molecular complexity index is 394. The lowest BCUT2D eigenvalue weighted by molar-refractivity contribution is 0.0761. The molecule has 3 heterocycles. The fraction of sp³-hybridized carbons (Fsp3) is 0.615. The Balaban J connectivity index is 1.69. The number of nitrogens with zero attached hydrogens (tertiary/aromatic N) is 1. The molecule has 0 aliphatic carbocycles. The van der Waals surface area contributed by atoms with E-state index in [0.717, 1.165) is 32.6 Å². The Morgan fingerprint density at radius 3 is 2.88 bits per heavy atom. The fourth-order valence-corrected chi connectivity index (χ4v) is 3.04. The topological polar surface area (TPSA) is 45.5 Å². The maximum absolute atomic E-state index is 12.2. The number of hydrogen-bond acceptors (Lipinski definition) is 3. The molecule has 92 valence electrons. The standard InChI is InChI=1S/C13H18N2O2/c16-12(11-1-8-17-9-11)15-7-4-13(10-15)2-5-14-6-3-13/h1,8-9,14H,2-7,10H2. The molecular weight excluding hydrogens is 216 g/mol. The summed E-state index contributed by atoms with van der Waals surface area (Å²) in [5, 5.41) is 3.39. The highest BCUT2D eigenvalue weighted by Crippen LogP contribution is 2.38. The van der Waals surface area contributed by atoms with Crippen LogP contribution in [0, 0.1) is 5.41 Å². The fourth-order valence-electron chi connectivity index (χ4n) is 3.04. The van der Waals surface area contributed by atoms with Crippen molar-refractivity contribution in [1.29, 1.82) is 0 Å². The highest BCUT2D eigenvalue weighted by Gasteiger charge is 2.40. The van der Waals surface area contributed by atoms with Crippen LogP contribution in [0.25, 0.3) is 0 Å². The molecule has 4 heteroatoms. The van der Waals surface area contributed by atoms with Crippen molar-refractivity contribution in [2.24, 2.45) is 5.41 Å². The van der Waals surface area contributed by atoms with Crippen molar-refractivity contribution in [3.05, 3.63) is 24.2 Å². The first-order valence-electron chi connectivity index (χ1n) is 6.31. The van der Waals surface area contributed by atoms with Gasteiger partial charge < -0.3 is 14.6 Å². The van der Waals surface area contributed by atoms with E-state index in [9.17, 15) is 4.79 Å². The van der Waals surface area contributed by atoms with Crippen molar-refractivity contribution in [2.45, 2.75) is 19.3 Å². The second kappa shape index (κ2) is 4.18. The monoisotopic (exact) mass is 234 g/mol. The summed E-state index contributed by atoms with van der Waals surface area (Å²) in [6, 6.07) is 1.75. The zero-order chi connectivity index (χ0) is 11.7. The number of rotatable bonds is 1. The molecule has 3 rings (SSSR count). The summed E-state index contributed by atoms with van der Waals surface area (Å²) >= 11 is 0. The Hall–Kier alpha value is -1.29. The number of nitrogens with one attached hydrogen (secondary N) is 1. The van der Waals surface area contributed by atoms with Crippen LogP contribution in [-0.4, -0.2) is 37.0 Å². The third-order valence-electron chi connectivity index (χ3n) is 4.16. The van der Waals surface area contributed by atoms with Gasteiger partial charge in [-0.1, -0.05) is 0 Å². The van der Waals surface area contributed by atoms with Crippen LogP contribution in [0.3, 0.4) is 0 Å². The van der Waals surface area contributed by atoms with Crippen LogP contribution >= 0.6 is 0 Å². The molecule has 0 aromatic carbocycles. The summed E-state index contributed by atoms with van der Waals surface area (Å²) in [5.74, 6) is 0.120. The van der Waals surface area contributed by atoms with Gasteiger partial charge in [0.05, 0.1) is 11.8 Å². The summed E-state index contributed by atoms with van der Waals surface area (Å²) in [4.78, 5) is 14.2. The van der Waals surface area contributed by atoms with E-state index in [1.165, 1.54) is 19.1 Å². The third-order valence-corrected chi connectivity index (χ3v) is 4.16. The first kappa shape index (κ1) is 10.8. The van der Waals surface area contributed by atoms with E-state index in [1.54, 1.807) is 12.3 Å². The molecule has 0 atom stereocenters. The molecule has 2 aliphatic heterocycles. The Morgan fingerprint density at radius 2 is 2.18 bits per heavy atom. The lowest BCUT2D eigenvalue weighted by Gasteiger charge is -2.33. The van der Waals surface area contributed by atoms with E-state index in [-0.39, 0.29) is 5.91 Å². The van der Waals surface area contributed by atoms with E-state index in [4.69, 9.17) is 4.42 Å². The predicted molar refractivity (Wildman–Crippen MR) is 63.8 cm³/mol. The van der Waals surface area contributed by atoms with Crippen molar-refractivity contribution in [2.75, 3.05) is 26.2 Å². The molecular formula is C13H18N2O2. The Morgan fingerprint density at radius 1 is 1.35 bits per heavy atom. The van der Waals surface area contributed by atoms with Crippen LogP contribution in [0.5, 0.6) is 0 Å². The molecule has 17 heavy (non-hydrogen) atoms. The minimum atomic E-state index is 0.120. The first-order valence-corrected chi connectivity index (χ1v) is 6.31. The molecule has 1 amide bonds. The van der Waals surface area contributed by atoms with Gasteiger partial charge >= 0.3 is 0 Å². The van der Waals surface area contributed by atoms with Crippen molar-refractivity contribution >= 4 is 5.91 Å². The van der Waals surface area contributed by atoms with Gasteiger partial charge in [-0.15, -0.1) is 0 Å². The van der Waals surface area contributed by atoms with Crippen LogP contribution in [0.4, 0.5) is 0 Å². The van der Waals surface area contributed by atoms with Crippen LogP contribution in [0.15, 0.2) is 23.0 Å². The molecule has 1 aromatic heterocycles. The summed E-state index contributed by atoms with van der Waals surface area (Å²) < 4.78 is 4.97. The summed E-state index contributed by atoms with van der Waals surface area (Å²) in [5.41, 5.74) is 1.06. The molecule has 1 aromatic rings. The van der Waals surface area contributed by atoms with Crippen LogP contribution in [0.2, 0.25) is 0 Å². The van der Waals surface area contributed by atoms with Crippen molar-refractivity contribution in [3.63, 3.8) is 0 Å². The molecule has 2 aliphatic rings. The zero-order valence-corrected chi connectivity index (χ0v) is 9.95. The number of hydrogen-bond donors (Lipinski definition) is 1. The number of piperidine rings is 1. The molecule has 0 unspecified atom stereocenters. The van der Waals surface area contributed by atoms with Crippen molar-refractivity contribution in [1.82, 2.24) is 10.2 Å². The van der Waals surface area contributed by atoms with Gasteiger partial charge in [0, 0.05) is 13.1 Å². The average molecular weight is 234 g/mol. The highest BCUT2D eigenvalue weighted by atomic mass is 16.3. The molecule has 2 saturated heterocycles. The van der Waals surface area contributed by atoms with Crippen LogP contribution in [-0.2, 0) is 0 Å². The summed E-state index contributed by atoms with van der Waals surface area (Å²) in [6.07, 6.45) is 6.64. The van der Waals surface area contributed by atoms with Gasteiger partial charge in [-0.2, -0.15) is 0 Å². The summed E-state index contributed by atoms with van der Waals surface area (Å²) in [6.45, 7) is 3.99. The van der Waals surface area contributed by atoms with Gasteiger partial charge in [-0.05, 0) is 43.8 Å². The summed E-state index contributed by atoms with van der Waals surface area (Å²) in [7, 11) is 0. The molecule has 4 nitrogen and oxygen atoms in total. The van der Waals surface area contributed by atoms with Gasteiger partial charge in [-0.3, -0.25) is 4.79 Å². The van der Waals surface area contributed by atoms with Gasteiger partial charge in [0.25, 0.3) is 5.91 Å². The van der Waals surface area contributed by atoms with E-state index in [2.05, 4.69) is 5.32 Å². The minimum Gasteiger partial charge on any atom is -0.472 e. The van der Waals surface area contributed by atoms with Crippen LogP contribution in [0.1, 0.15) is 29.6 Å². The number of furan rings is 1. The van der Waals surface area contributed by atoms with E-state index in [1.807, 2.05) is 4.90 Å². The smallest absolute Gasteiger partial charge is 0.257 e. The highest BCUT2D eigenvalue weighted by molar-refractivity contribution is 5.94. The van der Waals surface area contributed by atoms with E-state index in [0.29, 0.717) is 11.0 Å². The molecule has 1 spiro atoms. The van der Waals surface area contributed by atoms with Crippen LogP contribution < -0.4 is 5.32 Å². The quantitative estimate of drug-likeness (QED) is 0.801. The lowest BCUT2D eigenvalue weighted by atomic mass is 9.78. The van der Waals surface area contributed by atoms with E-state index >= 15 is 0 Å². The Kier molecular flexibility index (Phi) is 2.67. The SMILES string of the molecule is O=C(c1ccoc1)N1CCC2(CCNCC2)C1. The van der Waals surface area contributed by atoms with Crippen molar-refractivity contribution in [3.8, 4) is 0 Å². The molecule has 0 saturated carbocycles. The lowest BCUT2D eigenvalue weighted by Crippen LogP contribution is -2.39. The third kappa shape index (κ3) is 1.97. The first-order chi connectivity index (χ1) is 8.29. The number of carbonyl (C=O) groups is 1. The van der Waals surface area contributed by atoms with Crippen molar-refractivity contribution < 1.29 is 9.21 Å². The largest absolute Gasteiger partial charge is 0.472 e. The van der Waals surface area contributed by atoms with Gasteiger partial charge in [0.15, 0.2) is 0 Å². The molecule has 0 radical (unpaired) electrons. The Labute approximate surface area is 101 Å². The average Bonchev–Trinajstić information content (AvgIpc) is 2.99. The predicted octanol–water partition coefficient (Wildman–Crippen LogP) is 1.50. The number of carbonyl (C=O) groups excluding carboxylic acids is 1. The van der Waals surface area contributed by atoms with Gasteiger partial charge in [0.2, 0.25) is 0 Å². The van der Waals surface area contributed by atoms with Gasteiger partial charge in [0.1, 0.15) is 6.26 Å². The van der Waals surface area contributed by atoms with Gasteiger partial charge in [-0.25, -0.2) is 0 Å². The number of likely N-dealkylation sites (tertiary alicyclic amines) is 1.